The molecule has 0 amide bonds. The van der Waals surface area contributed by atoms with Crippen molar-refractivity contribution in [1.82, 2.24) is 9.55 Å². The predicted octanol–water partition coefficient (Wildman–Crippen LogP) is 3.83. The molecule has 15 heavy (non-hydrogen) atoms. The van der Waals surface area contributed by atoms with Crippen LogP contribution in [0.1, 0.15) is 31.1 Å². The molecule has 0 aliphatic heterocycles. The average Bonchev–Trinajstić information content (AvgIpc) is 2.42. The smallest absolute Gasteiger partial charge is 0.106 e. The second-order valence-electron chi connectivity index (χ2n) is 4.25. The van der Waals surface area contributed by atoms with Crippen molar-refractivity contribution in [3.05, 3.63) is 28.5 Å². The molecule has 1 aromatic heterocycles. The largest absolute Gasteiger partial charge is 0.325 e. The molecule has 1 aliphatic carbocycles. The third-order valence-corrected chi connectivity index (χ3v) is 3.76. The van der Waals surface area contributed by atoms with Crippen molar-refractivity contribution in [3.8, 4) is 0 Å². The summed E-state index contributed by atoms with van der Waals surface area (Å²) < 4.78 is 3.53. The van der Waals surface area contributed by atoms with Crippen LogP contribution in [0.4, 0.5) is 0 Å². The van der Waals surface area contributed by atoms with Gasteiger partial charge in [-0.1, -0.05) is 15.9 Å². The number of aromatic nitrogens is 2. The first-order valence-corrected chi connectivity index (χ1v) is 6.19. The summed E-state index contributed by atoms with van der Waals surface area (Å²) in [6.07, 6.45) is 3.97. The maximum absolute atomic E-state index is 4.60. The molecular formula is C12H13BrN2. The molecule has 0 spiro atoms. The van der Waals surface area contributed by atoms with Crippen molar-refractivity contribution in [1.29, 1.82) is 0 Å². The lowest BCUT2D eigenvalue weighted by Gasteiger charge is -2.28. The Morgan fingerprint density at radius 1 is 1.40 bits per heavy atom. The van der Waals surface area contributed by atoms with Gasteiger partial charge in [-0.25, -0.2) is 4.98 Å². The van der Waals surface area contributed by atoms with Gasteiger partial charge in [-0.3, -0.25) is 0 Å². The molecule has 0 bridgehead atoms. The van der Waals surface area contributed by atoms with Crippen LogP contribution in [-0.2, 0) is 0 Å². The number of hydrogen-bond donors (Lipinski definition) is 0. The van der Waals surface area contributed by atoms with E-state index in [1.54, 1.807) is 0 Å². The minimum absolute atomic E-state index is 0.685. The summed E-state index contributed by atoms with van der Waals surface area (Å²) >= 11 is 3.52. The summed E-state index contributed by atoms with van der Waals surface area (Å²) in [5.41, 5.74) is 2.38. The van der Waals surface area contributed by atoms with E-state index in [1.165, 1.54) is 24.8 Å². The van der Waals surface area contributed by atoms with Gasteiger partial charge in [0.2, 0.25) is 0 Å². The summed E-state index contributed by atoms with van der Waals surface area (Å²) in [7, 11) is 0. The third-order valence-electron chi connectivity index (χ3n) is 3.27. The first-order chi connectivity index (χ1) is 7.25. The Kier molecular flexibility index (Phi) is 2.09. The maximum atomic E-state index is 4.60. The Bertz CT molecular complexity index is 512. The summed E-state index contributed by atoms with van der Waals surface area (Å²) in [5.74, 6) is 1.15. The Labute approximate surface area is 97.4 Å². The number of aryl methyl sites for hydroxylation is 1. The first-order valence-electron chi connectivity index (χ1n) is 5.40. The third kappa shape index (κ3) is 1.41. The normalized spacial score (nSPS) is 16.9. The Morgan fingerprint density at radius 2 is 2.20 bits per heavy atom. The molecule has 0 N–H and O–H groups in total. The maximum Gasteiger partial charge on any atom is 0.106 e. The fourth-order valence-corrected chi connectivity index (χ4v) is 2.64. The zero-order chi connectivity index (χ0) is 10.4. The van der Waals surface area contributed by atoms with E-state index in [1.807, 2.05) is 0 Å². The van der Waals surface area contributed by atoms with E-state index >= 15 is 0 Å². The zero-order valence-electron chi connectivity index (χ0n) is 8.70. The number of halogens is 1. The van der Waals surface area contributed by atoms with Crippen LogP contribution in [0.3, 0.4) is 0 Å². The lowest BCUT2D eigenvalue weighted by molar-refractivity contribution is 0.316. The molecule has 2 aromatic rings. The van der Waals surface area contributed by atoms with Crippen LogP contribution in [0.25, 0.3) is 11.0 Å². The van der Waals surface area contributed by atoms with Crippen LogP contribution in [0.2, 0.25) is 0 Å². The van der Waals surface area contributed by atoms with E-state index in [-0.39, 0.29) is 0 Å². The van der Waals surface area contributed by atoms with Gasteiger partial charge >= 0.3 is 0 Å². The van der Waals surface area contributed by atoms with Gasteiger partial charge in [-0.15, -0.1) is 0 Å². The predicted molar refractivity (Wildman–Crippen MR) is 65.1 cm³/mol. The van der Waals surface area contributed by atoms with E-state index < -0.39 is 0 Å². The summed E-state index contributed by atoms with van der Waals surface area (Å²) in [6, 6.07) is 7.00. The Balaban J connectivity index is 2.25. The molecule has 3 rings (SSSR count). The highest BCUT2D eigenvalue weighted by Crippen LogP contribution is 2.35. The van der Waals surface area contributed by atoms with E-state index in [0.717, 1.165) is 15.8 Å². The van der Waals surface area contributed by atoms with Gasteiger partial charge in [0.1, 0.15) is 5.82 Å². The number of benzene rings is 1. The van der Waals surface area contributed by atoms with Gasteiger partial charge < -0.3 is 4.57 Å². The molecular weight excluding hydrogens is 252 g/mol. The number of rotatable bonds is 1. The molecule has 1 fully saturated rings. The van der Waals surface area contributed by atoms with Crippen LogP contribution in [0.15, 0.2) is 22.7 Å². The number of fused-ring (bicyclic) bond motifs is 1. The van der Waals surface area contributed by atoms with Gasteiger partial charge in [-0.05, 0) is 44.4 Å². The summed E-state index contributed by atoms with van der Waals surface area (Å²) in [4.78, 5) is 4.60. The van der Waals surface area contributed by atoms with E-state index in [0.29, 0.717) is 6.04 Å². The zero-order valence-corrected chi connectivity index (χ0v) is 10.3. The molecule has 1 aliphatic rings. The second-order valence-corrected chi connectivity index (χ2v) is 5.16. The van der Waals surface area contributed by atoms with Gasteiger partial charge in [0.25, 0.3) is 0 Å². The molecule has 0 unspecified atom stereocenters. The molecule has 0 radical (unpaired) electrons. The highest BCUT2D eigenvalue weighted by Gasteiger charge is 2.22. The van der Waals surface area contributed by atoms with Crippen molar-refractivity contribution in [2.75, 3.05) is 0 Å². The van der Waals surface area contributed by atoms with Crippen LogP contribution in [0, 0.1) is 6.92 Å². The van der Waals surface area contributed by atoms with Gasteiger partial charge in [0, 0.05) is 10.5 Å². The van der Waals surface area contributed by atoms with Crippen LogP contribution in [-0.4, -0.2) is 9.55 Å². The highest BCUT2D eigenvalue weighted by molar-refractivity contribution is 9.10. The van der Waals surface area contributed by atoms with Crippen molar-refractivity contribution in [2.24, 2.45) is 0 Å². The Morgan fingerprint density at radius 3 is 2.87 bits per heavy atom. The first kappa shape index (κ1) is 9.40. The standard InChI is InChI=1S/C12H13BrN2/c1-8-14-11-6-5-9(13)7-12(11)15(8)10-3-2-4-10/h5-7,10H,2-4H2,1H3. The van der Waals surface area contributed by atoms with E-state index in [2.05, 4.69) is 50.6 Å². The van der Waals surface area contributed by atoms with Gasteiger partial charge in [0.15, 0.2) is 0 Å². The minimum atomic E-state index is 0.685. The SMILES string of the molecule is Cc1nc2ccc(Br)cc2n1C1CCC1. The van der Waals surface area contributed by atoms with Crippen LogP contribution in [0.5, 0.6) is 0 Å². The van der Waals surface area contributed by atoms with Crippen molar-refractivity contribution >= 4 is 27.0 Å². The van der Waals surface area contributed by atoms with Crippen molar-refractivity contribution < 1.29 is 0 Å². The Hall–Kier alpha value is -0.830. The number of imidazole rings is 1. The fraction of sp³-hybridized carbons (Fsp3) is 0.417. The molecule has 0 saturated heterocycles. The quantitative estimate of drug-likeness (QED) is 0.766. The highest BCUT2D eigenvalue weighted by atomic mass is 79.9. The molecule has 1 heterocycles. The number of hydrogen-bond acceptors (Lipinski definition) is 1. The van der Waals surface area contributed by atoms with Crippen LogP contribution >= 0.6 is 15.9 Å². The average molecular weight is 265 g/mol. The second kappa shape index (κ2) is 3.34. The molecule has 2 nitrogen and oxygen atoms in total. The molecule has 3 heteroatoms. The summed E-state index contributed by atoms with van der Waals surface area (Å²) in [5, 5.41) is 0. The van der Waals surface area contributed by atoms with E-state index in [4.69, 9.17) is 0 Å². The monoisotopic (exact) mass is 264 g/mol. The van der Waals surface area contributed by atoms with Gasteiger partial charge in [0.05, 0.1) is 11.0 Å². The molecule has 0 atom stereocenters. The lowest BCUT2D eigenvalue weighted by atomic mass is 9.92. The summed E-state index contributed by atoms with van der Waals surface area (Å²) in [6.45, 7) is 2.10. The minimum Gasteiger partial charge on any atom is -0.325 e. The fourth-order valence-electron chi connectivity index (χ4n) is 2.29. The topological polar surface area (TPSA) is 17.8 Å². The van der Waals surface area contributed by atoms with E-state index in [9.17, 15) is 0 Å². The van der Waals surface area contributed by atoms with Gasteiger partial charge in [-0.2, -0.15) is 0 Å². The molecule has 1 saturated carbocycles. The van der Waals surface area contributed by atoms with Crippen molar-refractivity contribution in [2.45, 2.75) is 32.2 Å². The lowest BCUT2D eigenvalue weighted by Crippen LogP contribution is -2.17. The molecule has 1 aromatic carbocycles. The number of nitrogens with zero attached hydrogens (tertiary/aromatic N) is 2. The molecule has 78 valence electrons. The van der Waals surface area contributed by atoms with Crippen LogP contribution < -0.4 is 0 Å². The van der Waals surface area contributed by atoms with Crippen molar-refractivity contribution in [3.63, 3.8) is 0 Å².